The summed E-state index contributed by atoms with van der Waals surface area (Å²) in [7, 11) is 0. The molecule has 7 nitrogen and oxygen atoms in total. The van der Waals surface area contributed by atoms with Gasteiger partial charge in [0.25, 0.3) is 0 Å². The molecule has 31 heavy (non-hydrogen) atoms. The highest BCUT2D eigenvalue weighted by molar-refractivity contribution is 5.76. The molecule has 162 valence electrons. The molecule has 1 aliphatic rings. The number of amides is 1. The van der Waals surface area contributed by atoms with E-state index >= 15 is 0 Å². The van der Waals surface area contributed by atoms with Crippen molar-refractivity contribution in [1.82, 2.24) is 24.6 Å². The first-order valence-electron chi connectivity index (χ1n) is 10.8. The van der Waals surface area contributed by atoms with Gasteiger partial charge in [-0.05, 0) is 50.5 Å². The molecule has 1 aliphatic heterocycles. The maximum Gasteiger partial charge on any atom is 0.224 e. The standard InChI is InChI=1S/C24H29N5O2/c1-17-13-21(14-20-7-5-4-6-8-20)15-22(25-17)23-16-28(11-12-31-23)24(30)9-10-29-19(3)26-18(2)27-29/h4-8,13,15,23H,9-12,14,16H2,1-3H3/t23-/m0/s1. The van der Waals surface area contributed by atoms with Crippen molar-refractivity contribution < 1.29 is 9.53 Å². The number of aromatic nitrogens is 4. The number of ether oxygens (including phenoxy) is 1. The van der Waals surface area contributed by atoms with E-state index in [1.54, 1.807) is 4.68 Å². The number of pyridine rings is 1. The third kappa shape index (κ3) is 5.35. The van der Waals surface area contributed by atoms with Crippen molar-refractivity contribution in [3.05, 3.63) is 76.6 Å². The van der Waals surface area contributed by atoms with E-state index in [2.05, 4.69) is 46.5 Å². The van der Waals surface area contributed by atoms with E-state index in [1.807, 2.05) is 31.7 Å². The summed E-state index contributed by atoms with van der Waals surface area (Å²) in [6.07, 6.45) is 1.04. The summed E-state index contributed by atoms with van der Waals surface area (Å²) in [6.45, 7) is 7.96. The molecule has 0 spiro atoms. The van der Waals surface area contributed by atoms with Crippen molar-refractivity contribution in [2.45, 2.75) is 46.3 Å². The van der Waals surface area contributed by atoms with Crippen LogP contribution in [0.4, 0.5) is 0 Å². The number of morpholine rings is 1. The number of rotatable bonds is 6. The molecule has 0 unspecified atom stereocenters. The average molecular weight is 420 g/mol. The molecule has 1 atom stereocenters. The zero-order chi connectivity index (χ0) is 21.8. The second-order valence-corrected chi connectivity index (χ2v) is 8.08. The Kier molecular flexibility index (Phi) is 6.42. The van der Waals surface area contributed by atoms with Crippen molar-refractivity contribution in [2.75, 3.05) is 19.7 Å². The molecule has 1 amide bonds. The van der Waals surface area contributed by atoms with Crippen LogP contribution in [0.1, 0.15) is 46.7 Å². The topological polar surface area (TPSA) is 73.1 Å². The lowest BCUT2D eigenvalue weighted by Gasteiger charge is -2.33. The van der Waals surface area contributed by atoms with Crippen LogP contribution in [0.15, 0.2) is 42.5 Å². The first kappa shape index (κ1) is 21.2. The molecule has 0 bridgehead atoms. The molecule has 0 aliphatic carbocycles. The Morgan fingerprint density at radius 1 is 1.10 bits per heavy atom. The van der Waals surface area contributed by atoms with Gasteiger partial charge in [-0.1, -0.05) is 30.3 Å². The molecule has 0 N–H and O–H groups in total. The zero-order valence-electron chi connectivity index (χ0n) is 18.4. The normalized spacial score (nSPS) is 16.5. The van der Waals surface area contributed by atoms with Gasteiger partial charge in [0.05, 0.1) is 25.4 Å². The molecular weight excluding hydrogens is 390 g/mol. The fourth-order valence-electron chi connectivity index (χ4n) is 4.05. The van der Waals surface area contributed by atoms with E-state index in [1.165, 1.54) is 11.1 Å². The minimum absolute atomic E-state index is 0.109. The zero-order valence-corrected chi connectivity index (χ0v) is 18.4. The summed E-state index contributed by atoms with van der Waals surface area (Å²) in [6, 6.07) is 14.6. The van der Waals surface area contributed by atoms with Gasteiger partial charge < -0.3 is 9.64 Å². The van der Waals surface area contributed by atoms with E-state index in [0.29, 0.717) is 32.7 Å². The maximum atomic E-state index is 12.8. The fourth-order valence-corrected chi connectivity index (χ4v) is 4.05. The number of carbonyl (C=O) groups excluding carboxylic acids is 1. The van der Waals surface area contributed by atoms with Gasteiger partial charge in [0.15, 0.2) is 0 Å². The highest BCUT2D eigenvalue weighted by atomic mass is 16.5. The third-order valence-corrected chi connectivity index (χ3v) is 5.53. The van der Waals surface area contributed by atoms with E-state index in [9.17, 15) is 4.79 Å². The Morgan fingerprint density at radius 3 is 2.65 bits per heavy atom. The molecule has 0 radical (unpaired) electrons. The maximum absolute atomic E-state index is 12.8. The quantitative estimate of drug-likeness (QED) is 0.614. The molecule has 2 aromatic heterocycles. The first-order chi connectivity index (χ1) is 15.0. The van der Waals surface area contributed by atoms with E-state index in [4.69, 9.17) is 9.72 Å². The Morgan fingerprint density at radius 2 is 1.90 bits per heavy atom. The first-order valence-corrected chi connectivity index (χ1v) is 10.8. The van der Waals surface area contributed by atoms with Gasteiger partial charge in [0, 0.05) is 18.7 Å². The summed E-state index contributed by atoms with van der Waals surface area (Å²) >= 11 is 0. The molecule has 3 heterocycles. The smallest absolute Gasteiger partial charge is 0.224 e. The lowest BCUT2D eigenvalue weighted by atomic mass is 10.0. The van der Waals surface area contributed by atoms with Crippen LogP contribution in [0.3, 0.4) is 0 Å². The molecule has 1 aromatic carbocycles. The summed E-state index contributed by atoms with van der Waals surface area (Å²) < 4.78 is 7.80. The predicted molar refractivity (Wildman–Crippen MR) is 118 cm³/mol. The van der Waals surface area contributed by atoms with Crippen molar-refractivity contribution in [1.29, 1.82) is 0 Å². The van der Waals surface area contributed by atoms with Crippen LogP contribution in [-0.2, 0) is 22.5 Å². The Bertz CT molecular complexity index is 1050. The number of carbonyl (C=O) groups is 1. The van der Waals surface area contributed by atoms with Crippen molar-refractivity contribution >= 4 is 5.91 Å². The van der Waals surface area contributed by atoms with Gasteiger partial charge >= 0.3 is 0 Å². The second kappa shape index (κ2) is 9.39. The minimum atomic E-state index is -0.206. The summed E-state index contributed by atoms with van der Waals surface area (Å²) in [4.78, 5) is 23.7. The summed E-state index contributed by atoms with van der Waals surface area (Å²) in [5, 5.41) is 4.34. The van der Waals surface area contributed by atoms with Crippen LogP contribution in [0, 0.1) is 20.8 Å². The molecule has 4 rings (SSSR count). The van der Waals surface area contributed by atoms with Crippen molar-refractivity contribution in [2.24, 2.45) is 0 Å². The van der Waals surface area contributed by atoms with E-state index in [-0.39, 0.29) is 12.0 Å². The van der Waals surface area contributed by atoms with Gasteiger partial charge in [0.2, 0.25) is 5.91 Å². The highest BCUT2D eigenvalue weighted by Crippen LogP contribution is 2.24. The third-order valence-electron chi connectivity index (χ3n) is 5.53. The average Bonchev–Trinajstić information content (AvgIpc) is 3.09. The molecule has 3 aromatic rings. The van der Waals surface area contributed by atoms with Crippen LogP contribution in [0.5, 0.6) is 0 Å². The monoisotopic (exact) mass is 419 g/mol. The van der Waals surface area contributed by atoms with Crippen molar-refractivity contribution in [3.8, 4) is 0 Å². The van der Waals surface area contributed by atoms with Gasteiger partial charge in [-0.3, -0.25) is 9.78 Å². The molecule has 7 heteroatoms. The SMILES string of the molecule is Cc1cc(Cc2ccccc2)cc([C@@H]2CN(C(=O)CCn3nc(C)nc3C)CCO2)n1. The molecule has 1 fully saturated rings. The van der Waals surface area contributed by atoms with Gasteiger partial charge in [-0.25, -0.2) is 9.67 Å². The lowest BCUT2D eigenvalue weighted by molar-refractivity contribution is -0.139. The Labute approximate surface area is 183 Å². The number of hydrogen-bond acceptors (Lipinski definition) is 5. The number of aryl methyl sites for hydroxylation is 4. The van der Waals surface area contributed by atoms with Gasteiger partial charge in [0.1, 0.15) is 17.8 Å². The Balaban J connectivity index is 1.42. The van der Waals surface area contributed by atoms with Crippen LogP contribution in [-0.4, -0.2) is 50.3 Å². The molecule has 0 saturated carbocycles. The number of nitrogens with zero attached hydrogens (tertiary/aromatic N) is 5. The predicted octanol–water partition coefficient (Wildman–Crippen LogP) is 3.18. The number of hydrogen-bond donors (Lipinski definition) is 0. The molecule has 1 saturated heterocycles. The van der Waals surface area contributed by atoms with Crippen molar-refractivity contribution in [3.63, 3.8) is 0 Å². The number of benzene rings is 1. The van der Waals surface area contributed by atoms with Crippen LogP contribution in [0.2, 0.25) is 0 Å². The van der Waals surface area contributed by atoms with Crippen LogP contribution in [0.25, 0.3) is 0 Å². The van der Waals surface area contributed by atoms with Gasteiger partial charge in [-0.2, -0.15) is 5.10 Å². The lowest BCUT2D eigenvalue weighted by Crippen LogP contribution is -2.42. The van der Waals surface area contributed by atoms with Crippen LogP contribution >= 0.6 is 0 Å². The highest BCUT2D eigenvalue weighted by Gasteiger charge is 2.26. The largest absolute Gasteiger partial charge is 0.368 e. The molecular formula is C24H29N5O2. The van der Waals surface area contributed by atoms with E-state index in [0.717, 1.165) is 29.5 Å². The Hall–Kier alpha value is -3.06. The van der Waals surface area contributed by atoms with E-state index < -0.39 is 0 Å². The van der Waals surface area contributed by atoms with Crippen LogP contribution < -0.4 is 0 Å². The van der Waals surface area contributed by atoms with Gasteiger partial charge in [-0.15, -0.1) is 0 Å². The fraction of sp³-hybridized carbons (Fsp3) is 0.417. The minimum Gasteiger partial charge on any atom is -0.368 e. The summed E-state index contributed by atoms with van der Waals surface area (Å²) in [5.41, 5.74) is 4.33. The summed E-state index contributed by atoms with van der Waals surface area (Å²) in [5.74, 6) is 1.67. The second-order valence-electron chi connectivity index (χ2n) is 8.08.